The average Bonchev–Trinajstić information content (AvgIpc) is 3.24. The van der Waals surface area contributed by atoms with Gasteiger partial charge in [-0.2, -0.15) is 0 Å². The molecule has 110 valence electrons. The molecule has 0 unspecified atom stereocenters. The maximum absolute atomic E-state index is 12.6. The summed E-state index contributed by atoms with van der Waals surface area (Å²) < 4.78 is 27.1. The minimum atomic E-state index is -3.03. The zero-order valence-electron chi connectivity index (χ0n) is 11.7. The molecule has 2 aliphatic carbocycles. The highest BCUT2D eigenvalue weighted by Crippen LogP contribution is 2.35. The molecule has 2 saturated carbocycles. The first-order chi connectivity index (χ1) is 9.13. The van der Waals surface area contributed by atoms with Crippen LogP contribution in [0.4, 0.5) is 0 Å². The molecular weight excluding hydrogens is 260 g/mol. The molecule has 0 amide bonds. The van der Waals surface area contributed by atoms with E-state index in [2.05, 4.69) is 5.32 Å². The first kappa shape index (κ1) is 13.8. The predicted molar refractivity (Wildman–Crippen MR) is 76.4 cm³/mol. The molecule has 0 spiro atoms. The second-order valence-corrected chi connectivity index (χ2v) is 8.69. The molecule has 0 aromatic heterocycles. The Hall–Kier alpha value is -0.130. The summed E-state index contributed by atoms with van der Waals surface area (Å²) >= 11 is 0. The van der Waals surface area contributed by atoms with Crippen LogP contribution in [0.5, 0.6) is 0 Å². The normalized spacial score (nSPS) is 25.9. The van der Waals surface area contributed by atoms with Gasteiger partial charge in [-0.3, -0.25) is 0 Å². The highest BCUT2D eigenvalue weighted by atomic mass is 32.2. The van der Waals surface area contributed by atoms with Crippen LogP contribution in [0.15, 0.2) is 0 Å². The number of nitrogens with one attached hydrogen (secondary N) is 1. The monoisotopic (exact) mass is 286 g/mol. The Morgan fingerprint density at radius 3 is 1.84 bits per heavy atom. The van der Waals surface area contributed by atoms with Gasteiger partial charge < -0.3 is 5.32 Å². The van der Waals surface area contributed by atoms with Gasteiger partial charge >= 0.3 is 0 Å². The Balaban J connectivity index is 1.59. The summed E-state index contributed by atoms with van der Waals surface area (Å²) in [6, 6.07) is 0. The summed E-state index contributed by atoms with van der Waals surface area (Å²) in [4.78, 5) is 0. The first-order valence-corrected chi connectivity index (χ1v) is 9.43. The van der Waals surface area contributed by atoms with Gasteiger partial charge in [0.15, 0.2) is 0 Å². The molecule has 0 radical (unpaired) electrons. The van der Waals surface area contributed by atoms with Crippen LogP contribution in [-0.4, -0.2) is 44.7 Å². The molecule has 19 heavy (non-hydrogen) atoms. The average molecular weight is 286 g/mol. The van der Waals surface area contributed by atoms with Gasteiger partial charge in [-0.25, -0.2) is 12.7 Å². The van der Waals surface area contributed by atoms with Crippen molar-refractivity contribution in [1.29, 1.82) is 0 Å². The van der Waals surface area contributed by atoms with E-state index in [1.807, 2.05) is 4.31 Å². The van der Waals surface area contributed by atoms with Crippen molar-refractivity contribution in [3.63, 3.8) is 0 Å². The highest BCUT2D eigenvalue weighted by Gasteiger charge is 2.35. The number of sulfonamides is 1. The van der Waals surface area contributed by atoms with Crippen molar-refractivity contribution in [3.8, 4) is 0 Å². The molecule has 3 fully saturated rings. The van der Waals surface area contributed by atoms with Crippen molar-refractivity contribution < 1.29 is 8.42 Å². The maximum atomic E-state index is 12.6. The Kier molecular flexibility index (Phi) is 4.15. The Morgan fingerprint density at radius 2 is 1.37 bits per heavy atom. The lowest BCUT2D eigenvalue weighted by molar-refractivity contribution is 0.360. The smallest absolute Gasteiger partial charge is 0.214 e. The van der Waals surface area contributed by atoms with Gasteiger partial charge in [-0.1, -0.05) is 0 Å². The quantitative estimate of drug-likeness (QED) is 0.770. The Morgan fingerprint density at radius 1 is 0.842 bits per heavy atom. The molecule has 5 heteroatoms. The van der Waals surface area contributed by atoms with Gasteiger partial charge in [0.05, 0.1) is 5.75 Å². The molecule has 0 bridgehead atoms. The van der Waals surface area contributed by atoms with Gasteiger partial charge in [0.1, 0.15) is 0 Å². The lowest BCUT2D eigenvalue weighted by atomic mass is 10.0. The molecule has 3 rings (SSSR count). The lowest BCUT2D eigenvalue weighted by Crippen LogP contribution is -2.40. The second-order valence-electron chi connectivity index (χ2n) is 6.68. The van der Waals surface area contributed by atoms with Crippen molar-refractivity contribution in [3.05, 3.63) is 0 Å². The van der Waals surface area contributed by atoms with E-state index in [9.17, 15) is 8.42 Å². The van der Waals surface area contributed by atoms with Gasteiger partial charge in [-0.15, -0.1) is 0 Å². The second kappa shape index (κ2) is 5.70. The molecule has 1 saturated heterocycles. The topological polar surface area (TPSA) is 49.4 Å². The fraction of sp³-hybridized carbons (Fsp3) is 1.00. The zero-order chi connectivity index (χ0) is 13.3. The van der Waals surface area contributed by atoms with E-state index in [0.29, 0.717) is 23.5 Å². The fourth-order valence-corrected chi connectivity index (χ4v) is 4.95. The molecule has 1 aliphatic heterocycles. The molecule has 1 N–H and O–H groups in total. The van der Waals surface area contributed by atoms with E-state index in [1.165, 1.54) is 25.7 Å². The minimum Gasteiger partial charge on any atom is -0.317 e. The summed E-state index contributed by atoms with van der Waals surface area (Å²) in [6.45, 7) is 3.55. The highest BCUT2D eigenvalue weighted by molar-refractivity contribution is 7.89. The number of hydrogen-bond donors (Lipinski definition) is 1. The number of nitrogens with zero attached hydrogens (tertiary/aromatic N) is 1. The molecule has 0 aromatic rings. The van der Waals surface area contributed by atoms with Crippen molar-refractivity contribution in [2.24, 2.45) is 17.8 Å². The summed E-state index contributed by atoms with van der Waals surface area (Å²) in [7, 11) is -3.03. The molecule has 0 atom stereocenters. The van der Waals surface area contributed by atoms with Gasteiger partial charge in [0.2, 0.25) is 10.0 Å². The van der Waals surface area contributed by atoms with Crippen LogP contribution in [-0.2, 0) is 10.0 Å². The van der Waals surface area contributed by atoms with Crippen LogP contribution >= 0.6 is 0 Å². The van der Waals surface area contributed by atoms with E-state index in [4.69, 9.17) is 0 Å². The van der Waals surface area contributed by atoms with Crippen LogP contribution in [0.25, 0.3) is 0 Å². The molecule has 4 nitrogen and oxygen atoms in total. The van der Waals surface area contributed by atoms with Crippen LogP contribution in [0.1, 0.15) is 38.5 Å². The van der Waals surface area contributed by atoms with Gasteiger partial charge in [0, 0.05) is 13.1 Å². The van der Waals surface area contributed by atoms with E-state index in [0.717, 1.165) is 39.0 Å². The van der Waals surface area contributed by atoms with Crippen molar-refractivity contribution in [2.45, 2.75) is 38.5 Å². The van der Waals surface area contributed by atoms with E-state index in [-0.39, 0.29) is 0 Å². The summed E-state index contributed by atoms with van der Waals surface area (Å²) in [5, 5.41) is 3.31. The first-order valence-electron chi connectivity index (χ1n) is 7.82. The molecule has 1 heterocycles. The molecule has 3 aliphatic rings. The van der Waals surface area contributed by atoms with Gasteiger partial charge in [-0.05, 0) is 69.4 Å². The van der Waals surface area contributed by atoms with E-state index in [1.54, 1.807) is 0 Å². The third-order valence-corrected chi connectivity index (χ3v) is 6.59. The summed E-state index contributed by atoms with van der Waals surface area (Å²) in [5.41, 5.74) is 0. The van der Waals surface area contributed by atoms with Crippen LogP contribution < -0.4 is 5.32 Å². The Labute approximate surface area is 117 Å². The van der Waals surface area contributed by atoms with Crippen molar-refractivity contribution in [2.75, 3.05) is 31.9 Å². The summed E-state index contributed by atoms with van der Waals surface area (Å²) in [6.07, 6.45) is 6.93. The van der Waals surface area contributed by atoms with Crippen molar-refractivity contribution >= 4 is 10.0 Å². The van der Waals surface area contributed by atoms with E-state index < -0.39 is 10.0 Å². The van der Waals surface area contributed by atoms with Crippen LogP contribution in [0.2, 0.25) is 0 Å². The van der Waals surface area contributed by atoms with Gasteiger partial charge in [0.25, 0.3) is 0 Å². The SMILES string of the molecule is O=S(=O)(CC1CCNCC1)N(CC1CC1)CC1CC1. The third kappa shape index (κ3) is 4.17. The Bertz CT molecular complexity index is 382. The largest absolute Gasteiger partial charge is 0.317 e. The number of rotatable bonds is 7. The molecule has 0 aromatic carbocycles. The maximum Gasteiger partial charge on any atom is 0.214 e. The summed E-state index contributed by atoms with van der Waals surface area (Å²) in [5.74, 6) is 2.06. The lowest BCUT2D eigenvalue weighted by Gasteiger charge is -2.27. The van der Waals surface area contributed by atoms with Crippen LogP contribution in [0.3, 0.4) is 0 Å². The number of hydrogen-bond acceptors (Lipinski definition) is 3. The van der Waals surface area contributed by atoms with Crippen LogP contribution in [0, 0.1) is 17.8 Å². The number of piperidine rings is 1. The minimum absolute atomic E-state index is 0.368. The molecular formula is C14H26N2O2S. The zero-order valence-corrected chi connectivity index (χ0v) is 12.5. The van der Waals surface area contributed by atoms with E-state index >= 15 is 0 Å². The predicted octanol–water partition coefficient (Wildman–Crippen LogP) is 1.44. The fourth-order valence-electron chi connectivity index (χ4n) is 2.93. The standard InChI is InChI=1S/C14H26N2O2S/c17-19(18,11-14-5-7-15-8-6-14)16(9-12-1-2-12)10-13-3-4-13/h12-15H,1-11H2. The third-order valence-electron chi connectivity index (χ3n) is 4.62. The van der Waals surface area contributed by atoms with Crippen molar-refractivity contribution in [1.82, 2.24) is 9.62 Å².